The van der Waals surface area contributed by atoms with Crippen molar-refractivity contribution in [1.82, 2.24) is 14.7 Å². The first-order chi connectivity index (χ1) is 17.5. The van der Waals surface area contributed by atoms with E-state index in [-0.39, 0.29) is 17.5 Å². The lowest BCUT2D eigenvalue weighted by molar-refractivity contribution is 0.0865. The van der Waals surface area contributed by atoms with Crippen molar-refractivity contribution < 1.29 is 4.79 Å². The van der Waals surface area contributed by atoms with Crippen molar-refractivity contribution in [3.05, 3.63) is 96.1 Å². The molecule has 3 aromatic carbocycles. The maximum atomic E-state index is 13.6. The van der Waals surface area contributed by atoms with Crippen LogP contribution in [-0.2, 0) is 6.54 Å². The molecule has 36 heavy (non-hydrogen) atoms. The lowest BCUT2D eigenvalue weighted by atomic mass is 10.0. The monoisotopic (exact) mass is 474 g/mol. The highest BCUT2D eigenvalue weighted by Gasteiger charge is 2.63. The molecule has 0 radical (unpaired) electrons. The number of benzene rings is 3. The van der Waals surface area contributed by atoms with Crippen LogP contribution in [0.1, 0.15) is 29.3 Å². The van der Waals surface area contributed by atoms with Crippen LogP contribution >= 0.6 is 0 Å². The summed E-state index contributed by atoms with van der Waals surface area (Å²) in [6.07, 6.45) is 0.983. The minimum absolute atomic E-state index is 0.0889. The van der Waals surface area contributed by atoms with Gasteiger partial charge in [-0.15, -0.1) is 0 Å². The number of fused-ring (bicyclic) bond motifs is 5. The van der Waals surface area contributed by atoms with Crippen LogP contribution in [0.4, 0.5) is 17.3 Å². The Hall–Kier alpha value is -4.39. The summed E-state index contributed by atoms with van der Waals surface area (Å²) in [5.41, 5.74) is 4.84. The number of hydrogen-bond donors (Lipinski definition) is 1. The first kappa shape index (κ1) is 20.9. The van der Waals surface area contributed by atoms with E-state index in [9.17, 15) is 4.79 Å². The molecular formula is C29H26N6O. The summed E-state index contributed by atoms with van der Waals surface area (Å²) in [7, 11) is 1.80. The van der Waals surface area contributed by atoms with Gasteiger partial charge in [0.25, 0.3) is 5.91 Å². The van der Waals surface area contributed by atoms with Crippen LogP contribution in [-0.4, -0.2) is 45.2 Å². The van der Waals surface area contributed by atoms with Crippen molar-refractivity contribution >= 4 is 29.2 Å². The fourth-order valence-corrected chi connectivity index (χ4v) is 5.34. The molecule has 7 nitrogen and oxygen atoms in total. The number of aliphatic imine (C=N–C) groups is 1. The maximum Gasteiger partial charge on any atom is 0.267 e. The summed E-state index contributed by atoms with van der Waals surface area (Å²) in [5, 5.41) is 8.34. The van der Waals surface area contributed by atoms with E-state index < -0.39 is 0 Å². The second-order valence-electron chi connectivity index (χ2n) is 9.98. The fraction of sp³-hybridized carbons (Fsp3) is 0.207. The van der Waals surface area contributed by atoms with Crippen LogP contribution < -0.4 is 10.2 Å². The molecule has 1 fully saturated rings. The van der Waals surface area contributed by atoms with E-state index in [1.54, 1.807) is 11.9 Å². The van der Waals surface area contributed by atoms with Crippen LogP contribution in [0.15, 0.2) is 89.9 Å². The molecule has 178 valence electrons. The topological polar surface area (TPSA) is 65.8 Å². The minimum Gasteiger partial charge on any atom is -0.338 e. The zero-order valence-electron chi connectivity index (χ0n) is 20.2. The van der Waals surface area contributed by atoms with Crippen LogP contribution in [0.3, 0.4) is 0 Å². The van der Waals surface area contributed by atoms with Gasteiger partial charge in [0.05, 0.1) is 18.1 Å². The summed E-state index contributed by atoms with van der Waals surface area (Å²) in [4.78, 5) is 22.4. The number of anilines is 3. The van der Waals surface area contributed by atoms with Gasteiger partial charge in [0, 0.05) is 12.7 Å². The molecule has 3 heterocycles. The number of aromatic nitrogens is 2. The van der Waals surface area contributed by atoms with Crippen molar-refractivity contribution in [3.8, 4) is 11.1 Å². The van der Waals surface area contributed by atoms with E-state index in [1.807, 2.05) is 41.1 Å². The Labute approximate surface area is 209 Å². The van der Waals surface area contributed by atoms with E-state index in [0.29, 0.717) is 17.9 Å². The van der Waals surface area contributed by atoms with Gasteiger partial charge in [-0.25, -0.2) is 9.67 Å². The van der Waals surface area contributed by atoms with Gasteiger partial charge in [0.15, 0.2) is 5.82 Å². The SMILES string of the molecule is CN1C(=O)c2c(Nc3ccccc3)nn(Cc3ccc(-c4ccccc4)cc3)c2N2C1=N[C@]1(C)CC21. The first-order valence-electron chi connectivity index (χ1n) is 12.3. The molecule has 1 amide bonds. The van der Waals surface area contributed by atoms with E-state index in [4.69, 9.17) is 10.1 Å². The predicted octanol–water partition coefficient (Wildman–Crippen LogP) is 5.13. The third-order valence-electron chi connectivity index (χ3n) is 7.45. The minimum atomic E-state index is -0.134. The summed E-state index contributed by atoms with van der Waals surface area (Å²) in [6, 6.07) is 29.0. The average Bonchev–Trinajstić information content (AvgIpc) is 3.30. The van der Waals surface area contributed by atoms with Crippen molar-refractivity contribution in [2.24, 2.45) is 4.99 Å². The van der Waals surface area contributed by atoms with Gasteiger partial charge >= 0.3 is 0 Å². The van der Waals surface area contributed by atoms with Gasteiger partial charge < -0.3 is 5.32 Å². The van der Waals surface area contributed by atoms with Crippen molar-refractivity contribution in [1.29, 1.82) is 0 Å². The van der Waals surface area contributed by atoms with Gasteiger partial charge in [-0.05, 0) is 42.2 Å². The van der Waals surface area contributed by atoms with Crippen LogP contribution in [0.2, 0.25) is 0 Å². The number of hydrogen-bond acceptors (Lipinski definition) is 5. The summed E-state index contributed by atoms with van der Waals surface area (Å²) in [5.74, 6) is 2.03. The molecule has 2 atom stereocenters. The quantitative estimate of drug-likeness (QED) is 0.435. The summed E-state index contributed by atoms with van der Waals surface area (Å²) < 4.78 is 1.96. The highest BCUT2D eigenvalue weighted by atomic mass is 16.2. The Bertz CT molecular complexity index is 1510. The molecule has 1 saturated carbocycles. The molecule has 2 aliphatic heterocycles. The maximum absolute atomic E-state index is 13.6. The molecule has 3 aliphatic rings. The fourth-order valence-electron chi connectivity index (χ4n) is 5.34. The van der Waals surface area contributed by atoms with Gasteiger partial charge in [-0.3, -0.25) is 14.6 Å². The van der Waals surface area contributed by atoms with Gasteiger partial charge in [0.1, 0.15) is 11.4 Å². The molecule has 1 aliphatic carbocycles. The molecule has 0 spiro atoms. The van der Waals surface area contributed by atoms with E-state index >= 15 is 0 Å². The summed E-state index contributed by atoms with van der Waals surface area (Å²) >= 11 is 0. The largest absolute Gasteiger partial charge is 0.338 e. The Balaban J connectivity index is 1.30. The van der Waals surface area contributed by atoms with Gasteiger partial charge in [-0.2, -0.15) is 5.10 Å². The molecule has 7 heteroatoms. The summed E-state index contributed by atoms with van der Waals surface area (Å²) in [6.45, 7) is 2.71. The van der Waals surface area contributed by atoms with Crippen LogP contribution in [0.5, 0.6) is 0 Å². The number of amides is 1. The first-order valence-corrected chi connectivity index (χ1v) is 12.3. The highest BCUT2D eigenvalue weighted by Crippen LogP contribution is 2.53. The number of guanidine groups is 1. The number of nitrogens with zero attached hydrogens (tertiary/aromatic N) is 5. The predicted molar refractivity (Wildman–Crippen MR) is 142 cm³/mol. The van der Waals surface area contributed by atoms with E-state index in [1.165, 1.54) is 11.1 Å². The van der Waals surface area contributed by atoms with Crippen molar-refractivity contribution in [3.63, 3.8) is 0 Å². The standard InChI is InChI=1S/C29H26N6O/c1-29-17-23(29)35-26-24(27(36)33(2)28(35)31-29)25(30-22-11-7-4-8-12-22)32-34(26)18-19-13-15-21(16-14-19)20-9-5-3-6-10-20/h3-16,23H,17-18H2,1-2H3,(H,30,32)/t23?,29-/m1/s1. The number of para-hydroxylation sites is 1. The smallest absolute Gasteiger partial charge is 0.267 e. The van der Waals surface area contributed by atoms with E-state index in [0.717, 1.165) is 29.4 Å². The second-order valence-corrected chi connectivity index (χ2v) is 9.98. The number of rotatable bonds is 5. The molecule has 1 aromatic heterocycles. The Morgan fingerprint density at radius 2 is 1.61 bits per heavy atom. The molecular weight excluding hydrogens is 448 g/mol. The normalized spacial score (nSPS) is 21.6. The second kappa shape index (κ2) is 7.55. The zero-order valence-corrected chi connectivity index (χ0v) is 20.2. The van der Waals surface area contributed by atoms with E-state index in [2.05, 4.69) is 65.7 Å². The number of carbonyl (C=O) groups excluding carboxylic acids is 1. The van der Waals surface area contributed by atoms with Crippen LogP contribution in [0.25, 0.3) is 11.1 Å². The Kier molecular flexibility index (Phi) is 4.39. The third kappa shape index (κ3) is 3.16. The molecule has 0 saturated heterocycles. The number of carbonyl (C=O) groups is 1. The van der Waals surface area contributed by atoms with Crippen LogP contribution in [0, 0.1) is 0 Å². The van der Waals surface area contributed by atoms with Gasteiger partial charge in [0.2, 0.25) is 5.96 Å². The highest BCUT2D eigenvalue weighted by molar-refractivity contribution is 6.21. The molecule has 1 N–H and O–H groups in total. The lowest BCUT2D eigenvalue weighted by Crippen LogP contribution is -2.50. The molecule has 4 aromatic rings. The van der Waals surface area contributed by atoms with Gasteiger partial charge in [-0.1, -0.05) is 72.8 Å². The average molecular weight is 475 g/mol. The molecule has 1 unspecified atom stereocenters. The van der Waals surface area contributed by atoms with Crippen molar-refractivity contribution in [2.75, 3.05) is 17.3 Å². The molecule has 0 bridgehead atoms. The lowest BCUT2D eigenvalue weighted by Gasteiger charge is -2.33. The third-order valence-corrected chi connectivity index (χ3v) is 7.45. The zero-order chi connectivity index (χ0) is 24.4. The molecule has 7 rings (SSSR count). The Morgan fingerprint density at radius 3 is 2.33 bits per heavy atom. The van der Waals surface area contributed by atoms with Crippen molar-refractivity contribution in [2.45, 2.75) is 31.5 Å². The Morgan fingerprint density at radius 1 is 0.944 bits per heavy atom. The number of nitrogens with one attached hydrogen (secondary N) is 1.